The van der Waals surface area contributed by atoms with E-state index in [1.807, 2.05) is 53.7 Å². The van der Waals surface area contributed by atoms with Gasteiger partial charge in [-0.25, -0.2) is 4.39 Å². The summed E-state index contributed by atoms with van der Waals surface area (Å²) in [5, 5.41) is 11.5. The maximum absolute atomic E-state index is 13.2. The first kappa shape index (κ1) is 27.9. The number of aliphatic hydroxyl groups excluding tert-OH is 1. The molecule has 0 unspecified atom stereocenters. The summed E-state index contributed by atoms with van der Waals surface area (Å²) in [6.07, 6.45) is 3.83. The van der Waals surface area contributed by atoms with Crippen LogP contribution in [-0.4, -0.2) is 49.3 Å². The molecule has 0 bridgehead atoms. The third-order valence-corrected chi connectivity index (χ3v) is 3.45. The molecule has 0 saturated carbocycles. The van der Waals surface area contributed by atoms with E-state index in [4.69, 9.17) is 10.8 Å². The highest BCUT2D eigenvalue weighted by Crippen LogP contribution is 2.11. The number of piperazine rings is 1. The fraction of sp³-hybridized carbons (Fsp3) is 0.636. The van der Waals surface area contributed by atoms with Crippen molar-refractivity contribution < 1.29 is 9.50 Å². The lowest BCUT2D eigenvalue weighted by atomic mass is 10.1. The molecule has 0 radical (unpaired) electrons. The van der Waals surface area contributed by atoms with Crippen molar-refractivity contribution in [3.63, 3.8) is 0 Å². The van der Waals surface area contributed by atoms with Crippen LogP contribution in [0.5, 0.6) is 0 Å². The summed E-state index contributed by atoms with van der Waals surface area (Å²) in [6.45, 7) is 17.8. The highest BCUT2D eigenvalue weighted by molar-refractivity contribution is 5.23. The summed E-state index contributed by atoms with van der Waals surface area (Å²) in [4.78, 5) is 2.35. The van der Waals surface area contributed by atoms with E-state index in [1.54, 1.807) is 12.1 Å². The van der Waals surface area contributed by atoms with Crippen LogP contribution in [-0.2, 0) is 6.54 Å². The number of nitrogens with one attached hydrogen (secondary N) is 1. The lowest BCUT2D eigenvalue weighted by Crippen LogP contribution is -2.42. The van der Waals surface area contributed by atoms with E-state index in [9.17, 15) is 4.39 Å². The average Bonchev–Trinajstić information content (AvgIpc) is 2.65. The van der Waals surface area contributed by atoms with Gasteiger partial charge in [0.2, 0.25) is 0 Å². The van der Waals surface area contributed by atoms with Gasteiger partial charge in [0, 0.05) is 45.9 Å². The van der Waals surface area contributed by atoms with Crippen LogP contribution >= 0.6 is 0 Å². The van der Waals surface area contributed by atoms with E-state index in [1.165, 1.54) is 0 Å². The molecule has 0 amide bonds. The minimum atomic E-state index is -0.125. The Kier molecular flexibility index (Phi) is 20.2. The fourth-order valence-corrected chi connectivity index (χ4v) is 2.17. The Morgan fingerprint density at radius 1 is 1.22 bits per heavy atom. The van der Waals surface area contributed by atoms with Crippen molar-refractivity contribution in [2.24, 2.45) is 11.7 Å². The fourth-order valence-electron chi connectivity index (χ4n) is 2.17. The van der Waals surface area contributed by atoms with Gasteiger partial charge in [-0.1, -0.05) is 45.9 Å². The topological polar surface area (TPSA) is 61.5 Å². The molecule has 0 atom stereocenters. The van der Waals surface area contributed by atoms with E-state index in [2.05, 4.69) is 16.3 Å². The van der Waals surface area contributed by atoms with Gasteiger partial charge >= 0.3 is 0 Å². The predicted molar refractivity (Wildman–Crippen MR) is 116 cm³/mol. The van der Waals surface area contributed by atoms with Crippen molar-refractivity contribution in [3.05, 3.63) is 47.3 Å². The maximum Gasteiger partial charge on any atom is 0.123 e. The number of nitrogens with zero attached hydrogens (tertiary/aromatic N) is 1. The Morgan fingerprint density at radius 2 is 1.78 bits per heavy atom. The zero-order valence-electron chi connectivity index (χ0n) is 18.3. The molecule has 27 heavy (non-hydrogen) atoms. The van der Waals surface area contributed by atoms with Crippen LogP contribution in [0.15, 0.2) is 30.4 Å². The quantitative estimate of drug-likeness (QED) is 0.694. The van der Waals surface area contributed by atoms with Gasteiger partial charge in [-0.3, -0.25) is 4.90 Å². The second kappa shape index (κ2) is 19.5. The van der Waals surface area contributed by atoms with Crippen LogP contribution < -0.4 is 11.1 Å². The van der Waals surface area contributed by atoms with Gasteiger partial charge in [-0.05, 0) is 43.0 Å². The molecule has 0 aromatic heterocycles. The molecule has 5 heteroatoms. The van der Waals surface area contributed by atoms with Crippen molar-refractivity contribution in [2.75, 3.05) is 39.3 Å². The van der Waals surface area contributed by atoms with E-state index >= 15 is 0 Å². The standard InChI is InChI=1S/C12H17FN2.C4H9N.C4H10O.C2H6/c1-10-6-11(8-12(13)7-10)9-15-4-2-14-3-5-15;1-2-3-4-5;1-4(2)3-5;1-2/h6-8,14H,2-5,9H2,1H3;2-3H,4-5H2,1H3;4-5H,3H2,1-2H3;1-2H3/b;3-2+;;. The molecule has 1 aromatic carbocycles. The molecule has 1 aromatic rings. The highest BCUT2D eigenvalue weighted by atomic mass is 19.1. The van der Waals surface area contributed by atoms with E-state index < -0.39 is 0 Å². The summed E-state index contributed by atoms with van der Waals surface area (Å²) in [5.41, 5.74) is 7.13. The smallest absolute Gasteiger partial charge is 0.123 e. The Hall–Kier alpha value is -1.27. The zero-order valence-corrected chi connectivity index (χ0v) is 18.3. The van der Waals surface area contributed by atoms with Crippen LogP contribution in [0.25, 0.3) is 0 Å². The molecule has 4 nitrogen and oxygen atoms in total. The number of allylic oxidation sites excluding steroid dienone is 1. The van der Waals surface area contributed by atoms with Gasteiger partial charge in [-0.2, -0.15) is 0 Å². The summed E-state index contributed by atoms with van der Waals surface area (Å²) in [7, 11) is 0. The second-order valence-corrected chi connectivity index (χ2v) is 6.54. The third-order valence-electron chi connectivity index (χ3n) is 3.45. The molecule has 0 spiro atoms. The summed E-state index contributed by atoms with van der Waals surface area (Å²) >= 11 is 0. The number of aryl methyl sites for hydroxylation is 1. The number of halogens is 1. The van der Waals surface area contributed by atoms with Crippen molar-refractivity contribution in [3.8, 4) is 0 Å². The van der Waals surface area contributed by atoms with Crippen LogP contribution in [0.4, 0.5) is 4.39 Å². The number of rotatable bonds is 4. The Labute approximate surface area is 166 Å². The second-order valence-electron chi connectivity index (χ2n) is 6.54. The molecule has 2 rings (SSSR count). The molecule has 4 N–H and O–H groups in total. The van der Waals surface area contributed by atoms with E-state index in [-0.39, 0.29) is 5.82 Å². The van der Waals surface area contributed by atoms with Crippen molar-refractivity contribution >= 4 is 0 Å². The maximum atomic E-state index is 13.2. The van der Waals surface area contributed by atoms with Gasteiger partial charge in [0.1, 0.15) is 5.82 Å². The SMILES string of the molecule is C/C=C/CN.CC.CC(C)CO.Cc1cc(F)cc(CN2CCNCC2)c1. The minimum Gasteiger partial charge on any atom is -0.396 e. The predicted octanol–water partition coefficient (Wildman–Crippen LogP) is 3.72. The summed E-state index contributed by atoms with van der Waals surface area (Å²) < 4.78 is 13.2. The van der Waals surface area contributed by atoms with E-state index in [0.717, 1.165) is 43.9 Å². The molecular formula is C22H42FN3O. The zero-order chi connectivity index (χ0) is 21.1. The molecule has 1 aliphatic rings. The first-order chi connectivity index (χ1) is 12.9. The molecule has 1 heterocycles. The largest absolute Gasteiger partial charge is 0.396 e. The van der Waals surface area contributed by atoms with Gasteiger partial charge in [0.15, 0.2) is 0 Å². The number of nitrogens with two attached hydrogens (primary N) is 1. The number of benzene rings is 1. The summed E-state index contributed by atoms with van der Waals surface area (Å²) in [6, 6.07) is 5.27. The molecule has 1 aliphatic heterocycles. The first-order valence-corrected chi connectivity index (χ1v) is 10.0. The highest BCUT2D eigenvalue weighted by Gasteiger charge is 2.10. The van der Waals surface area contributed by atoms with Crippen LogP contribution in [0.1, 0.15) is 45.7 Å². The normalized spacial score (nSPS) is 13.9. The molecule has 158 valence electrons. The monoisotopic (exact) mass is 383 g/mol. The van der Waals surface area contributed by atoms with Crippen molar-refractivity contribution in [2.45, 2.75) is 48.1 Å². The Bertz CT molecular complexity index is 452. The van der Waals surface area contributed by atoms with E-state index in [0.29, 0.717) is 19.1 Å². The number of hydrogen-bond donors (Lipinski definition) is 3. The third kappa shape index (κ3) is 17.9. The number of aliphatic hydroxyl groups is 1. The Morgan fingerprint density at radius 3 is 2.15 bits per heavy atom. The minimum absolute atomic E-state index is 0.125. The first-order valence-electron chi connectivity index (χ1n) is 10.0. The van der Waals surface area contributed by atoms with Gasteiger partial charge in [-0.15, -0.1) is 0 Å². The average molecular weight is 384 g/mol. The van der Waals surface area contributed by atoms with Gasteiger partial charge in [0.05, 0.1) is 0 Å². The number of hydrogen-bond acceptors (Lipinski definition) is 4. The lowest BCUT2D eigenvalue weighted by Gasteiger charge is -2.27. The molecule has 0 aliphatic carbocycles. The molecular weight excluding hydrogens is 341 g/mol. The Balaban J connectivity index is 0. The van der Waals surface area contributed by atoms with Crippen molar-refractivity contribution in [1.29, 1.82) is 0 Å². The van der Waals surface area contributed by atoms with Gasteiger partial charge < -0.3 is 16.2 Å². The molecule has 1 fully saturated rings. The van der Waals surface area contributed by atoms with Crippen molar-refractivity contribution in [1.82, 2.24) is 10.2 Å². The van der Waals surface area contributed by atoms with Crippen LogP contribution in [0.3, 0.4) is 0 Å². The van der Waals surface area contributed by atoms with Crippen LogP contribution in [0.2, 0.25) is 0 Å². The lowest BCUT2D eigenvalue weighted by molar-refractivity contribution is 0.233. The molecule has 1 saturated heterocycles. The van der Waals surface area contributed by atoms with Crippen LogP contribution in [0, 0.1) is 18.7 Å². The summed E-state index contributed by atoms with van der Waals surface area (Å²) in [5.74, 6) is 0.315. The van der Waals surface area contributed by atoms with Gasteiger partial charge in [0.25, 0.3) is 0 Å².